The molecule has 94 valence electrons. The first kappa shape index (κ1) is 12.6. The van der Waals surface area contributed by atoms with Gasteiger partial charge in [-0.05, 0) is 31.9 Å². The van der Waals surface area contributed by atoms with Gasteiger partial charge in [-0.3, -0.25) is 4.90 Å². The lowest BCUT2D eigenvalue weighted by molar-refractivity contribution is 0.153. The van der Waals surface area contributed by atoms with Crippen molar-refractivity contribution in [1.29, 1.82) is 0 Å². The normalized spacial score (nSPS) is 20.4. The molecule has 1 heterocycles. The summed E-state index contributed by atoms with van der Waals surface area (Å²) in [5.41, 5.74) is 1.44. The molecule has 1 atom stereocenters. The maximum atomic E-state index is 3.56. The molecule has 1 N–H and O–H groups in total. The van der Waals surface area contributed by atoms with Gasteiger partial charge in [0.2, 0.25) is 0 Å². The van der Waals surface area contributed by atoms with Gasteiger partial charge in [0.05, 0.1) is 0 Å². The summed E-state index contributed by atoms with van der Waals surface area (Å²) in [6.45, 7) is 8.04. The van der Waals surface area contributed by atoms with Crippen LogP contribution in [0.4, 0.5) is 0 Å². The highest BCUT2D eigenvalue weighted by atomic mass is 15.2. The number of nitrogens with zero attached hydrogens (tertiary/aromatic N) is 1. The summed E-state index contributed by atoms with van der Waals surface area (Å²) in [4.78, 5) is 2.60. The molecular weight excluding hydrogens is 208 g/mol. The first-order valence-corrected chi connectivity index (χ1v) is 6.83. The van der Waals surface area contributed by atoms with Crippen LogP contribution in [0.25, 0.3) is 0 Å². The van der Waals surface area contributed by atoms with E-state index in [-0.39, 0.29) is 0 Å². The molecule has 2 heteroatoms. The molecule has 0 amide bonds. The lowest BCUT2D eigenvalue weighted by Crippen LogP contribution is -2.43. The van der Waals surface area contributed by atoms with Crippen molar-refractivity contribution in [3.8, 4) is 0 Å². The minimum atomic E-state index is 0.554. The zero-order chi connectivity index (χ0) is 12.1. The molecule has 1 aromatic carbocycles. The number of hydrogen-bond donors (Lipinski definition) is 1. The standard InChI is InChI=1S/C15H24N2/c1-3-16-15-9-11-17(12-10-15)13(2)14-7-5-4-6-8-14/h4-8,13,15-16H,3,9-12H2,1-2H3. The van der Waals surface area contributed by atoms with Crippen LogP contribution in [0.3, 0.4) is 0 Å². The number of rotatable bonds is 4. The van der Waals surface area contributed by atoms with Crippen molar-refractivity contribution < 1.29 is 0 Å². The van der Waals surface area contributed by atoms with Gasteiger partial charge in [-0.1, -0.05) is 37.3 Å². The van der Waals surface area contributed by atoms with Gasteiger partial charge >= 0.3 is 0 Å². The van der Waals surface area contributed by atoms with Crippen molar-refractivity contribution in [1.82, 2.24) is 10.2 Å². The highest BCUT2D eigenvalue weighted by Crippen LogP contribution is 2.23. The van der Waals surface area contributed by atoms with Crippen molar-refractivity contribution in [2.45, 2.75) is 38.8 Å². The van der Waals surface area contributed by atoms with E-state index < -0.39 is 0 Å². The molecule has 1 fully saturated rings. The largest absolute Gasteiger partial charge is 0.314 e. The molecule has 1 unspecified atom stereocenters. The second-order valence-electron chi connectivity index (χ2n) is 4.95. The topological polar surface area (TPSA) is 15.3 Å². The molecule has 1 aliphatic rings. The van der Waals surface area contributed by atoms with Gasteiger partial charge in [-0.25, -0.2) is 0 Å². The van der Waals surface area contributed by atoms with Crippen LogP contribution in [0, 0.1) is 0 Å². The molecule has 1 aliphatic heterocycles. The van der Waals surface area contributed by atoms with E-state index in [0.717, 1.165) is 12.6 Å². The maximum absolute atomic E-state index is 3.56. The third-order valence-electron chi connectivity index (χ3n) is 3.85. The zero-order valence-electron chi connectivity index (χ0n) is 11.0. The highest BCUT2D eigenvalue weighted by Gasteiger charge is 2.22. The molecular formula is C15H24N2. The molecule has 0 aromatic heterocycles. The molecule has 0 spiro atoms. The molecule has 1 aromatic rings. The van der Waals surface area contributed by atoms with E-state index in [1.165, 1.54) is 31.5 Å². The second kappa shape index (κ2) is 6.18. The fraction of sp³-hybridized carbons (Fsp3) is 0.600. The summed E-state index contributed by atoms with van der Waals surface area (Å²) in [7, 11) is 0. The van der Waals surface area contributed by atoms with E-state index in [1.54, 1.807) is 0 Å². The number of hydrogen-bond acceptors (Lipinski definition) is 2. The highest BCUT2D eigenvalue weighted by molar-refractivity contribution is 5.18. The van der Waals surface area contributed by atoms with Gasteiger partial charge in [0.15, 0.2) is 0 Å². The molecule has 17 heavy (non-hydrogen) atoms. The van der Waals surface area contributed by atoms with E-state index in [0.29, 0.717) is 6.04 Å². The number of piperidine rings is 1. The Morgan fingerprint density at radius 3 is 2.47 bits per heavy atom. The quantitative estimate of drug-likeness (QED) is 0.858. The van der Waals surface area contributed by atoms with Crippen LogP contribution in [0.1, 0.15) is 38.3 Å². The van der Waals surface area contributed by atoms with Crippen molar-refractivity contribution in [2.75, 3.05) is 19.6 Å². The fourth-order valence-electron chi connectivity index (χ4n) is 2.72. The van der Waals surface area contributed by atoms with Gasteiger partial charge in [0.1, 0.15) is 0 Å². The summed E-state index contributed by atoms with van der Waals surface area (Å²) in [5, 5.41) is 3.56. The maximum Gasteiger partial charge on any atom is 0.0319 e. The molecule has 2 nitrogen and oxygen atoms in total. The second-order valence-corrected chi connectivity index (χ2v) is 4.95. The van der Waals surface area contributed by atoms with Crippen molar-refractivity contribution in [2.24, 2.45) is 0 Å². The van der Waals surface area contributed by atoms with Gasteiger partial charge in [0, 0.05) is 25.2 Å². The lowest BCUT2D eigenvalue weighted by Gasteiger charge is -2.36. The Balaban J connectivity index is 1.88. The minimum absolute atomic E-state index is 0.554. The molecule has 1 saturated heterocycles. The van der Waals surface area contributed by atoms with Gasteiger partial charge in [-0.15, -0.1) is 0 Å². The first-order chi connectivity index (χ1) is 8.31. The van der Waals surface area contributed by atoms with E-state index in [1.807, 2.05) is 0 Å². The van der Waals surface area contributed by atoms with Crippen LogP contribution < -0.4 is 5.32 Å². The smallest absolute Gasteiger partial charge is 0.0319 e. The van der Waals surface area contributed by atoms with E-state index in [2.05, 4.69) is 54.4 Å². The van der Waals surface area contributed by atoms with Crippen molar-refractivity contribution in [3.63, 3.8) is 0 Å². The summed E-state index contributed by atoms with van der Waals surface area (Å²) >= 11 is 0. The van der Waals surface area contributed by atoms with Gasteiger partial charge < -0.3 is 5.32 Å². The Morgan fingerprint density at radius 1 is 1.24 bits per heavy atom. The van der Waals surface area contributed by atoms with Crippen LogP contribution in [0.15, 0.2) is 30.3 Å². The average molecular weight is 232 g/mol. The SMILES string of the molecule is CCNC1CCN(C(C)c2ccccc2)CC1. The zero-order valence-corrected chi connectivity index (χ0v) is 11.0. The number of benzene rings is 1. The monoisotopic (exact) mass is 232 g/mol. The minimum Gasteiger partial charge on any atom is -0.314 e. The summed E-state index contributed by atoms with van der Waals surface area (Å²) < 4.78 is 0. The van der Waals surface area contributed by atoms with Crippen LogP contribution in [-0.4, -0.2) is 30.6 Å². The van der Waals surface area contributed by atoms with Crippen LogP contribution >= 0.6 is 0 Å². The van der Waals surface area contributed by atoms with Gasteiger partial charge in [-0.2, -0.15) is 0 Å². The fourth-order valence-corrected chi connectivity index (χ4v) is 2.72. The van der Waals surface area contributed by atoms with E-state index >= 15 is 0 Å². The van der Waals surface area contributed by atoms with Crippen LogP contribution in [0.5, 0.6) is 0 Å². The molecule has 2 rings (SSSR count). The number of likely N-dealkylation sites (tertiary alicyclic amines) is 1. The number of nitrogens with one attached hydrogen (secondary N) is 1. The Morgan fingerprint density at radius 2 is 1.88 bits per heavy atom. The van der Waals surface area contributed by atoms with E-state index in [4.69, 9.17) is 0 Å². The predicted molar refractivity (Wildman–Crippen MR) is 73.1 cm³/mol. The Kier molecular flexibility index (Phi) is 4.57. The van der Waals surface area contributed by atoms with Crippen LogP contribution in [-0.2, 0) is 0 Å². The predicted octanol–water partition coefficient (Wildman–Crippen LogP) is 2.82. The summed E-state index contributed by atoms with van der Waals surface area (Å²) in [5.74, 6) is 0. The van der Waals surface area contributed by atoms with Crippen molar-refractivity contribution >= 4 is 0 Å². The Bertz CT molecular complexity index is 315. The van der Waals surface area contributed by atoms with Crippen LogP contribution in [0.2, 0.25) is 0 Å². The van der Waals surface area contributed by atoms with Gasteiger partial charge in [0.25, 0.3) is 0 Å². The third-order valence-corrected chi connectivity index (χ3v) is 3.85. The Labute approximate surface area is 105 Å². The van der Waals surface area contributed by atoms with E-state index in [9.17, 15) is 0 Å². The molecule has 0 saturated carbocycles. The molecule has 0 radical (unpaired) electrons. The summed E-state index contributed by atoms with van der Waals surface area (Å²) in [6.07, 6.45) is 2.57. The van der Waals surface area contributed by atoms with Crippen molar-refractivity contribution in [3.05, 3.63) is 35.9 Å². The lowest BCUT2D eigenvalue weighted by atomic mass is 10.0. The summed E-state index contributed by atoms with van der Waals surface area (Å²) in [6, 6.07) is 12.1. The molecule has 0 aliphatic carbocycles. The average Bonchev–Trinajstić information content (AvgIpc) is 2.40. The third kappa shape index (κ3) is 3.30. The molecule has 0 bridgehead atoms. The Hall–Kier alpha value is -0.860. The first-order valence-electron chi connectivity index (χ1n) is 6.83.